The Hall–Kier alpha value is -2.23. The van der Waals surface area contributed by atoms with Crippen LogP contribution in [0.5, 0.6) is 0 Å². The van der Waals surface area contributed by atoms with E-state index >= 15 is 0 Å². The van der Waals surface area contributed by atoms with Crippen LogP contribution in [0.3, 0.4) is 0 Å². The molecule has 0 radical (unpaired) electrons. The molecule has 2 aliphatic carbocycles. The van der Waals surface area contributed by atoms with E-state index in [1.807, 2.05) is 36.4 Å². The van der Waals surface area contributed by atoms with Crippen LogP contribution in [-0.4, -0.2) is 29.0 Å². The highest BCUT2D eigenvalue weighted by molar-refractivity contribution is 15.0. The van der Waals surface area contributed by atoms with Gasteiger partial charge in [0.05, 0.1) is 0 Å². The Labute approximate surface area is 288 Å². The largest absolute Gasteiger partial charge is 0.366 e. The smallest absolute Gasteiger partial charge is 0.248 e. The number of primary amides is 2. The average molecular weight is 900 g/mol. The highest BCUT2D eigenvalue weighted by atomic mass is 128. The van der Waals surface area contributed by atoms with Crippen LogP contribution in [0.2, 0.25) is 0 Å². The molecule has 1 fully saturated rings. The third-order valence-electron chi connectivity index (χ3n) is 8.08. The molecule has 0 spiro atoms. The molecule has 0 aromatic heterocycles. The first-order valence-electron chi connectivity index (χ1n) is 13.6. The molecule has 2 atom stereocenters. The lowest BCUT2D eigenvalue weighted by Crippen LogP contribution is -2.37. The minimum atomic E-state index is -0.394. The van der Waals surface area contributed by atoms with Gasteiger partial charge in [0.25, 0.3) is 0 Å². The van der Waals surface area contributed by atoms with E-state index in [0.717, 1.165) is 41.5 Å². The van der Waals surface area contributed by atoms with Crippen molar-refractivity contribution in [3.05, 3.63) is 119 Å². The number of aromatic nitrogens is 1. The summed E-state index contributed by atoms with van der Waals surface area (Å²) >= 11 is 4.24. The molecule has 220 valence electrons. The number of nitrogens with zero attached hydrogens (tertiary/aromatic N) is 1. The summed E-state index contributed by atoms with van der Waals surface area (Å²) in [6.45, 7) is 1.94. The van der Waals surface area contributed by atoms with Gasteiger partial charge >= 0.3 is 0 Å². The number of rotatable bonds is 4. The number of carbonyl (C=O) groups is 2. The number of pyridine rings is 1. The topological polar surface area (TPSA) is 103 Å². The van der Waals surface area contributed by atoms with Crippen molar-refractivity contribution in [2.75, 3.05) is 6.54 Å². The summed E-state index contributed by atoms with van der Waals surface area (Å²) in [5.74, 6) is -0.132. The van der Waals surface area contributed by atoms with Gasteiger partial charge in [0.2, 0.25) is 11.8 Å². The lowest BCUT2D eigenvalue weighted by atomic mass is 9.89. The van der Waals surface area contributed by atoms with Gasteiger partial charge < -0.3 is 21.4 Å². The van der Waals surface area contributed by atoms with E-state index in [1.165, 1.54) is 29.5 Å². The van der Waals surface area contributed by atoms with Gasteiger partial charge in [-0.25, -0.2) is 0 Å². The zero-order valence-corrected chi connectivity index (χ0v) is 29.6. The predicted molar refractivity (Wildman–Crippen MR) is 201 cm³/mol. The van der Waals surface area contributed by atoms with E-state index in [1.54, 1.807) is 6.07 Å². The molecule has 7 rings (SSSR count). The first kappa shape index (κ1) is 32.7. The van der Waals surface area contributed by atoms with Crippen LogP contribution in [0.1, 0.15) is 57.6 Å². The molecule has 2 heterocycles. The number of halogens is 3. The molecule has 2 aliphatic heterocycles. The second-order valence-electron chi connectivity index (χ2n) is 10.5. The molecule has 3 aromatic carbocycles. The lowest BCUT2D eigenvalue weighted by Gasteiger charge is -2.27. The summed E-state index contributed by atoms with van der Waals surface area (Å²) in [7, 11) is 0. The molecule has 2 amide bonds. The second-order valence-corrected chi connectivity index (χ2v) is 10.5. The van der Waals surface area contributed by atoms with Gasteiger partial charge in [0, 0.05) is 79.8 Å². The summed E-state index contributed by atoms with van der Waals surface area (Å²) < 4.78 is 2.23. The van der Waals surface area contributed by atoms with E-state index in [2.05, 4.69) is 95.8 Å². The van der Waals surface area contributed by atoms with Crippen molar-refractivity contribution >= 4 is 83.8 Å². The van der Waals surface area contributed by atoms with Gasteiger partial charge in [-0.2, -0.15) is 0 Å². The molecule has 4 aliphatic rings. The maximum Gasteiger partial charge on any atom is 0.248 e. The lowest BCUT2D eigenvalue weighted by molar-refractivity contribution is 0.0992. The van der Waals surface area contributed by atoms with E-state index < -0.39 is 5.91 Å². The third kappa shape index (κ3) is 7.11. The summed E-state index contributed by atoms with van der Waals surface area (Å²) in [5, 5.41) is 5.75. The summed E-state index contributed by atoms with van der Waals surface area (Å²) in [5.41, 5.74) is 18.2. The standard InChI is InChI=1S/C20H16N2O.C13H16N2O.I2.HI.H2/c21-20(23)16-9-8-15-12-19-17(18(15)11-16)7-4-10-22(19)13-14-5-2-1-3-6-14;14-13(16)9-4-3-8-7-12-10(11(8)6-9)2-1-5-15-12;1-2;;/h1-12H,13H2,(H2,21,23);3-4,6,10,12,15H,1-2,5,7H2,(H2,14,16);;2*1H. The second kappa shape index (κ2) is 15.0. The number of hydrogen-bond acceptors (Lipinski definition) is 3. The molecule has 42 heavy (non-hydrogen) atoms. The summed E-state index contributed by atoms with van der Waals surface area (Å²) in [6.07, 6.45) is 5.64. The quantitative estimate of drug-likeness (QED) is 0.161. The Kier molecular flexibility index (Phi) is 11.7. The fourth-order valence-corrected chi connectivity index (χ4v) is 6.14. The number of piperidine rings is 1. The number of carbonyl (C=O) groups excluding carboxylic acids is 2. The fourth-order valence-electron chi connectivity index (χ4n) is 6.14. The average Bonchev–Trinajstić information content (AvgIpc) is 3.57. The van der Waals surface area contributed by atoms with Crippen molar-refractivity contribution in [3.63, 3.8) is 0 Å². The fraction of sp³-hybridized carbons (Fsp3) is 0.212. The van der Waals surface area contributed by atoms with Crippen molar-refractivity contribution in [2.24, 2.45) is 11.5 Å². The number of benzene rings is 3. The normalized spacial score (nSPS) is 16.6. The Bertz CT molecular complexity index is 1660. The van der Waals surface area contributed by atoms with Crippen molar-refractivity contribution in [3.8, 4) is 11.3 Å². The first-order chi connectivity index (χ1) is 20.0. The van der Waals surface area contributed by atoms with Crippen LogP contribution in [0, 0.1) is 0 Å². The Morgan fingerprint density at radius 2 is 1.62 bits per heavy atom. The van der Waals surface area contributed by atoms with Crippen LogP contribution in [-0.2, 0) is 13.0 Å². The highest BCUT2D eigenvalue weighted by Gasteiger charge is 2.34. The van der Waals surface area contributed by atoms with Gasteiger partial charge in [-0.1, -0.05) is 48.5 Å². The van der Waals surface area contributed by atoms with Crippen LogP contribution in [0.25, 0.3) is 22.0 Å². The zero-order valence-electron chi connectivity index (χ0n) is 22.9. The Morgan fingerprint density at radius 1 is 0.905 bits per heavy atom. The molecule has 5 N–H and O–H groups in total. The van der Waals surface area contributed by atoms with E-state index in [0.29, 0.717) is 23.1 Å². The van der Waals surface area contributed by atoms with Gasteiger partial charge in [0.1, 0.15) is 0 Å². The predicted octanol–water partition coefficient (Wildman–Crippen LogP) is 7.71. The van der Waals surface area contributed by atoms with Crippen LogP contribution >= 0.6 is 61.2 Å². The molecule has 3 aromatic rings. The third-order valence-corrected chi connectivity index (χ3v) is 8.08. The molecular weight excluding hydrogens is 865 g/mol. The molecule has 0 bridgehead atoms. The van der Waals surface area contributed by atoms with E-state index in [9.17, 15) is 9.59 Å². The highest BCUT2D eigenvalue weighted by Crippen LogP contribution is 2.39. The maximum absolute atomic E-state index is 11.4. The first-order valence-corrected chi connectivity index (χ1v) is 19.9. The molecule has 9 heteroatoms. The summed E-state index contributed by atoms with van der Waals surface area (Å²) in [4.78, 5) is 22.6. The number of hydrogen-bond donors (Lipinski definition) is 3. The van der Waals surface area contributed by atoms with Gasteiger partial charge in [-0.15, -0.1) is 24.0 Å². The van der Waals surface area contributed by atoms with Crippen molar-refractivity contribution < 1.29 is 11.0 Å². The number of nitrogens with two attached hydrogens (primary N) is 2. The minimum Gasteiger partial charge on any atom is -0.366 e. The van der Waals surface area contributed by atoms with Gasteiger partial charge in [-0.3, -0.25) is 9.59 Å². The molecule has 1 saturated heterocycles. The minimum absolute atomic E-state index is 0. The summed E-state index contributed by atoms with van der Waals surface area (Å²) in [6, 6.07) is 28.8. The van der Waals surface area contributed by atoms with E-state index in [4.69, 9.17) is 11.5 Å². The monoisotopic (exact) mass is 900 g/mol. The van der Waals surface area contributed by atoms with E-state index in [-0.39, 0.29) is 31.3 Å². The maximum atomic E-state index is 11.4. The van der Waals surface area contributed by atoms with Crippen molar-refractivity contribution in [2.45, 2.75) is 37.8 Å². The van der Waals surface area contributed by atoms with Crippen LogP contribution in [0.4, 0.5) is 0 Å². The molecular formula is C33H35I3N4O2. The molecule has 6 nitrogen and oxygen atoms in total. The van der Waals surface area contributed by atoms with Crippen LogP contribution in [0.15, 0.2) is 91.1 Å². The zero-order chi connectivity index (χ0) is 28.9. The van der Waals surface area contributed by atoms with Gasteiger partial charge in [-0.05, 0) is 95.6 Å². The Balaban J connectivity index is 0.000000224. The number of fused-ring (bicyclic) bond motifs is 6. The molecule has 2 unspecified atom stereocenters. The van der Waals surface area contributed by atoms with Gasteiger partial charge in [0.15, 0.2) is 0 Å². The van der Waals surface area contributed by atoms with Crippen molar-refractivity contribution in [1.29, 1.82) is 0 Å². The van der Waals surface area contributed by atoms with Crippen molar-refractivity contribution in [1.82, 2.24) is 9.88 Å². The SMILES string of the molecule is I.II.NC(=O)c1ccc2c(c1)C1CCCNC1C2.NC(=O)c1ccc2cc3n(Cc4ccccc4)cccc-3c2c1.[HH]. The number of nitrogens with one attached hydrogen (secondary N) is 1. The molecule has 0 saturated carbocycles. The van der Waals surface area contributed by atoms with Crippen LogP contribution < -0.4 is 16.8 Å². The number of amides is 2. The Morgan fingerprint density at radius 3 is 2.36 bits per heavy atom.